The van der Waals surface area contributed by atoms with Crippen LogP contribution in [0.25, 0.3) is 0 Å². The molecule has 92 valence electrons. The van der Waals surface area contributed by atoms with Crippen LogP contribution in [0, 0.1) is 18.3 Å². The minimum atomic E-state index is -0.684. The van der Waals surface area contributed by atoms with Crippen LogP contribution in [0.5, 0.6) is 0 Å². The van der Waals surface area contributed by atoms with Crippen molar-refractivity contribution in [2.75, 3.05) is 11.9 Å². The first-order chi connectivity index (χ1) is 7.98. The maximum absolute atomic E-state index is 10.0. The summed E-state index contributed by atoms with van der Waals surface area (Å²) in [7, 11) is 0. The molecule has 1 atom stereocenters. The normalized spacial score (nSPS) is 13.8. The molecule has 0 heterocycles. The number of hydrogen-bond donors (Lipinski definition) is 2. The molecule has 0 amide bonds. The minimum Gasteiger partial charge on any atom is -0.388 e. The van der Waals surface area contributed by atoms with Crippen LogP contribution in [0.4, 0.5) is 5.69 Å². The monoisotopic (exact) mass is 232 g/mol. The molecule has 3 heteroatoms. The molecule has 0 aromatic heterocycles. The predicted octanol–water partition coefficient (Wildman–Crippen LogP) is 2.83. The number of anilines is 1. The van der Waals surface area contributed by atoms with Crippen molar-refractivity contribution in [2.45, 2.75) is 39.2 Å². The third kappa shape index (κ3) is 4.08. The zero-order valence-corrected chi connectivity index (χ0v) is 10.7. The summed E-state index contributed by atoms with van der Waals surface area (Å²) in [4.78, 5) is 0. The summed E-state index contributed by atoms with van der Waals surface area (Å²) < 4.78 is 0. The largest absolute Gasteiger partial charge is 0.388 e. The molecule has 0 radical (unpaired) electrons. The van der Waals surface area contributed by atoms with Crippen LogP contribution in [0.1, 0.15) is 37.8 Å². The summed E-state index contributed by atoms with van der Waals surface area (Å²) in [5.74, 6) is 0. The Hall–Kier alpha value is -1.53. The van der Waals surface area contributed by atoms with E-state index in [0.29, 0.717) is 12.1 Å². The summed E-state index contributed by atoms with van der Waals surface area (Å²) in [6.45, 7) is 6.32. The van der Waals surface area contributed by atoms with E-state index in [4.69, 9.17) is 5.26 Å². The lowest BCUT2D eigenvalue weighted by molar-refractivity contribution is 0.0637. The maximum Gasteiger partial charge on any atom is 0.0994 e. The molecule has 3 nitrogen and oxygen atoms in total. The highest BCUT2D eigenvalue weighted by Gasteiger charge is 2.18. The molecule has 0 saturated heterocycles. The van der Waals surface area contributed by atoms with Gasteiger partial charge in [0.15, 0.2) is 0 Å². The highest BCUT2D eigenvalue weighted by atomic mass is 16.3. The first kappa shape index (κ1) is 13.5. The van der Waals surface area contributed by atoms with E-state index >= 15 is 0 Å². The molecule has 0 aliphatic carbocycles. The fourth-order valence-corrected chi connectivity index (χ4v) is 1.82. The van der Waals surface area contributed by atoms with Crippen LogP contribution in [-0.4, -0.2) is 17.3 Å². The van der Waals surface area contributed by atoms with E-state index < -0.39 is 5.60 Å². The fraction of sp³-hybridized carbons (Fsp3) is 0.500. The van der Waals surface area contributed by atoms with E-state index in [1.165, 1.54) is 0 Å². The van der Waals surface area contributed by atoms with Gasteiger partial charge in [0.2, 0.25) is 0 Å². The van der Waals surface area contributed by atoms with E-state index in [9.17, 15) is 5.11 Å². The number of aryl methyl sites for hydroxylation is 1. The number of nitriles is 1. The van der Waals surface area contributed by atoms with Gasteiger partial charge < -0.3 is 10.4 Å². The molecule has 0 bridgehead atoms. The van der Waals surface area contributed by atoms with Gasteiger partial charge in [-0.25, -0.2) is 0 Å². The summed E-state index contributed by atoms with van der Waals surface area (Å²) in [5.41, 5.74) is 1.90. The van der Waals surface area contributed by atoms with Gasteiger partial charge in [-0.3, -0.25) is 0 Å². The van der Waals surface area contributed by atoms with E-state index in [1.54, 1.807) is 6.07 Å². The van der Waals surface area contributed by atoms with Crippen molar-refractivity contribution < 1.29 is 5.11 Å². The number of aliphatic hydroxyl groups is 1. The van der Waals surface area contributed by atoms with Gasteiger partial charge in [0, 0.05) is 12.2 Å². The predicted molar refractivity (Wildman–Crippen MR) is 69.9 cm³/mol. The Morgan fingerprint density at radius 2 is 2.18 bits per heavy atom. The van der Waals surface area contributed by atoms with Crippen molar-refractivity contribution in [3.8, 4) is 6.07 Å². The molecule has 0 aliphatic rings. The van der Waals surface area contributed by atoms with Gasteiger partial charge in [0.25, 0.3) is 0 Å². The lowest BCUT2D eigenvalue weighted by Gasteiger charge is -2.23. The molecule has 1 unspecified atom stereocenters. The molecule has 0 aliphatic heterocycles. The lowest BCUT2D eigenvalue weighted by Crippen LogP contribution is -2.33. The van der Waals surface area contributed by atoms with Crippen LogP contribution in [0.3, 0.4) is 0 Å². The van der Waals surface area contributed by atoms with Gasteiger partial charge in [0.1, 0.15) is 0 Å². The molecule has 1 rings (SSSR count). The fourth-order valence-electron chi connectivity index (χ4n) is 1.82. The Morgan fingerprint density at radius 3 is 2.71 bits per heavy atom. The topological polar surface area (TPSA) is 56.0 Å². The number of benzene rings is 1. The van der Waals surface area contributed by atoms with Gasteiger partial charge in [-0.15, -0.1) is 0 Å². The summed E-state index contributed by atoms with van der Waals surface area (Å²) >= 11 is 0. The lowest BCUT2D eigenvalue weighted by atomic mass is 10.0. The van der Waals surface area contributed by atoms with Crippen molar-refractivity contribution in [1.29, 1.82) is 5.26 Å². The van der Waals surface area contributed by atoms with Crippen molar-refractivity contribution in [3.63, 3.8) is 0 Å². The molecule has 17 heavy (non-hydrogen) atoms. The first-order valence-corrected chi connectivity index (χ1v) is 5.95. The van der Waals surface area contributed by atoms with Gasteiger partial charge in [0.05, 0.1) is 17.2 Å². The second kappa shape index (κ2) is 5.70. The number of hydrogen-bond acceptors (Lipinski definition) is 3. The van der Waals surface area contributed by atoms with Gasteiger partial charge in [-0.2, -0.15) is 5.26 Å². The van der Waals surface area contributed by atoms with E-state index in [2.05, 4.69) is 18.3 Å². The molecule has 0 fully saturated rings. The Morgan fingerprint density at radius 1 is 1.47 bits per heavy atom. The number of nitrogens with zero attached hydrogens (tertiary/aromatic N) is 1. The van der Waals surface area contributed by atoms with Gasteiger partial charge in [-0.1, -0.05) is 13.3 Å². The Balaban J connectivity index is 2.65. The van der Waals surface area contributed by atoms with E-state index in [0.717, 1.165) is 24.1 Å². The Bertz CT molecular complexity index is 419. The van der Waals surface area contributed by atoms with Crippen molar-refractivity contribution in [3.05, 3.63) is 29.3 Å². The van der Waals surface area contributed by atoms with Gasteiger partial charge >= 0.3 is 0 Å². The Labute approximate surface area is 103 Å². The van der Waals surface area contributed by atoms with E-state index in [-0.39, 0.29) is 0 Å². The number of rotatable bonds is 5. The number of nitrogens with one attached hydrogen (secondary N) is 1. The van der Waals surface area contributed by atoms with Crippen molar-refractivity contribution in [2.24, 2.45) is 0 Å². The maximum atomic E-state index is 10.0. The Kier molecular flexibility index (Phi) is 4.53. The molecule has 0 spiro atoms. The molecule has 1 aromatic rings. The molecular weight excluding hydrogens is 212 g/mol. The molecule has 1 aromatic carbocycles. The molecular formula is C14H20N2O. The smallest absolute Gasteiger partial charge is 0.0994 e. The zero-order chi connectivity index (χ0) is 12.9. The second-order valence-electron chi connectivity index (χ2n) is 4.74. The third-order valence-electron chi connectivity index (χ3n) is 2.81. The molecule has 2 N–H and O–H groups in total. The third-order valence-corrected chi connectivity index (χ3v) is 2.81. The highest BCUT2D eigenvalue weighted by molar-refractivity contribution is 5.51. The van der Waals surface area contributed by atoms with Crippen LogP contribution < -0.4 is 5.32 Å². The van der Waals surface area contributed by atoms with E-state index in [1.807, 2.05) is 26.0 Å². The second-order valence-corrected chi connectivity index (χ2v) is 4.74. The summed E-state index contributed by atoms with van der Waals surface area (Å²) in [6, 6.07) is 7.74. The SMILES string of the molecule is CCCC(C)(O)CNc1ccc(C#N)c(C)c1. The van der Waals surface area contributed by atoms with Crippen LogP contribution >= 0.6 is 0 Å². The van der Waals surface area contributed by atoms with Crippen LogP contribution in [0.2, 0.25) is 0 Å². The zero-order valence-electron chi connectivity index (χ0n) is 10.7. The minimum absolute atomic E-state index is 0.520. The summed E-state index contributed by atoms with van der Waals surface area (Å²) in [5, 5.41) is 22.1. The average Bonchev–Trinajstić information content (AvgIpc) is 2.27. The van der Waals surface area contributed by atoms with Crippen LogP contribution in [-0.2, 0) is 0 Å². The van der Waals surface area contributed by atoms with Crippen molar-refractivity contribution >= 4 is 5.69 Å². The van der Waals surface area contributed by atoms with Crippen LogP contribution in [0.15, 0.2) is 18.2 Å². The molecule has 0 saturated carbocycles. The highest BCUT2D eigenvalue weighted by Crippen LogP contribution is 2.17. The van der Waals surface area contributed by atoms with Gasteiger partial charge in [-0.05, 0) is 44.0 Å². The first-order valence-electron chi connectivity index (χ1n) is 5.95. The quantitative estimate of drug-likeness (QED) is 0.820. The van der Waals surface area contributed by atoms with Crippen molar-refractivity contribution in [1.82, 2.24) is 0 Å². The standard InChI is InChI=1S/C14H20N2O/c1-4-7-14(3,17)10-16-13-6-5-12(9-15)11(2)8-13/h5-6,8,16-17H,4,7,10H2,1-3H3. The summed E-state index contributed by atoms with van der Waals surface area (Å²) in [6.07, 6.45) is 1.73. The average molecular weight is 232 g/mol.